The van der Waals surface area contributed by atoms with Crippen molar-refractivity contribution >= 4 is 35.2 Å². The normalized spacial score (nSPS) is 12.1. The number of carbonyl (C=O) groups excluding carboxylic acids is 1. The molecule has 0 radical (unpaired) electrons. The molecule has 0 aliphatic rings. The van der Waals surface area contributed by atoms with Gasteiger partial charge in [-0.2, -0.15) is 5.26 Å². The second-order valence-electron chi connectivity index (χ2n) is 6.63. The van der Waals surface area contributed by atoms with Crippen molar-refractivity contribution in [2.24, 2.45) is 0 Å². The Hall–Kier alpha value is -2.68. The average molecular weight is 447 g/mol. The molecule has 0 heterocycles. The number of nitrogens with one attached hydrogen (secondary N) is 1. The molecule has 0 aliphatic heterocycles. The molecule has 2 aromatic carbocycles. The van der Waals surface area contributed by atoms with E-state index in [1.54, 1.807) is 24.3 Å². The number of halogens is 2. The number of benzene rings is 2. The summed E-state index contributed by atoms with van der Waals surface area (Å²) < 4.78 is 11.6. The van der Waals surface area contributed by atoms with Crippen LogP contribution in [-0.2, 0) is 11.4 Å². The van der Waals surface area contributed by atoms with Crippen molar-refractivity contribution in [2.45, 2.75) is 39.8 Å². The van der Waals surface area contributed by atoms with Crippen LogP contribution in [0.1, 0.15) is 38.3 Å². The van der Waals surface area contributed by atoms with E-state index >= 15 is 0 Å². The summed E-state index contributed by atoms with van der Waals surface area (Å²) in [5, 5.41) is 13.1. The number of hydrogen-bond acceptors (Lipinski definition) is 4. The molecule has 1 atom stereocenters. The Morgan fingerprint density at radius 2 is 1.90 bits per heavy atom. The molecule has 0 aromatic heterocycles. The Bertz CT molecular complexity index is 950. The van der Waals surface area contributed by atoms with E-state index in [1.165, 1.54) is 6.08 Å². The lowest BCUT2D eigenvalue weighted by molar-refractivity contribution is -0.117. The highest BCUT2D eigenvalue weighted by atomic mass is 35.5. The van der Waals surface area contributed by atoms with Crippen LogP contribution >= 0.6 is 23.2 Å². The molecule has 7 heteroatoms. The fourth-order valence-corrected chi connectivity index (χ4v) is 2.93. The van der Waals surface area contributed by atoms with Gasteiger partial charge >= 0.3 is 0 Å². The molecular formula is C23H24Cl2N2O3. The Morgan fingerprint density at radius 1 is 1.20 bits per heavy atom. The van der Waals surface area contributed by atoms with Gasteiger partial charge < -0.3 is 14.8 Å². The van der Waals surface area contributed by atoms with E-state index in [9.17, 15) is 10.1 Å². The van der Waals surface area contributed by atoms with E-state index in [4.69, 9.17) is 32.7 Å². The van der Waals surface area contributed by atoms with Gasteiger partial charge in [-0.1, -0.05) is 42.3 Å². The predicted octanol–water partition coefficient (Wildman–Crippen LogP) is 5.79. The molecule has 0 fully saturated rings. The molecule has 1 N–H and O–H groups in total. The largest absolute Gasteiger partial charge is 0.490 e. The van der Waals surface area contributed by atoms with Gasteiger partial charge in [-0.05, 0) is 61.7 Å². The summed E-state index contributed by atoms with van der Waals surface area (Å²) in [6, 6.07) is 12.5. The Morgan fingerprint density at radius 3 is 2.50 bits per heavy atom. The van der Waals surface area contributed by atoms with E-state index < -0.39 is 5.91 Å². The third kappa shape index (κ3) is 6.69. The van der Waals surface area contributed by atoms with Crippen LogP contribution in [0.25, 0.3) is 6.08 Å². The van der Waals surface area contributed by atoms with Crippen molar-refractivity contribution in [1.82, 2.24) is 5.32 Å². The van der Waals surface area contributed by atoms with Gasteiger partial charge in [-0.25, -0.2) is 0 Å². The number of nitrogens with zero attached hydrogens (tertiary/aromatic N) is 1. The maximum atomic E-state index is 12.3. The van der Waals surface area contributed by atoms with Gasteiger partial charge in [-0.15, -0.1) is 0 Å². The number of hydrogen-bond donors (Lipinski definition) is 1. The maximum absolute atomic E-state index is 12.3. The molecule has 1 amide bonds. The fraction of sp³-hybridized carbons (Fsp3) is 0.304. The molecule has 0 unspecified atom stereocenters. The van der Waals surface area contributed by atoms with Gasteiger partial charge in [0.1, 0.15) is 18.2 Å². The lowest BCUT2D eigenvalue weighted by atomic mass is 10.1. The lowest BCUT2D eigenvalue weighted by Crippen LogP contribution is -2.32. The zero-order valence-corrected chi connectivity index (χ0v) is 18.7. The van der Waals surface area contributed by atoms with Gasteiger partial charge in [0, 0.05) is 11.1 Å². The van der Waals surface area contributed by atoms with Crippen LogP contribution in [0, 0.1) is 11.3 Å². The smallest absolute Gasteiger partial charge is 0.262 e. The van der Waals surface area contributed by atoms with E-state index in [0.717, 1.165) is 12.0 Å². The van der Waals surface area contributed by atoms with Crippen molar-refractivity contribution in [1.29, 1.82) is 5.26 Å². The fourth-order valence-electron chi connectivity index (χ4n) is 2.53. The van der Waals surface area contributed by atoms with Crippen LogP contribution in [0.4, 0.5) is 0 Å². The van der Waals surface area contributed by atoms with Crippen LogP contribution in [0.5, 0.6) is 11.5 Å². The highest BCUT2D eigenvalue weighted by Gasteiger charge is 2.15. The maximum Gasteiger partial charge on any atom is 0.262 e. The van der Waals surface area contributed by atoms with Crippen molar-refractivity contribution in [3.05, 3.63) is 63.1 Å². The first-order valence-corrected chi connectivity index (χ1v) is 10.4. The summed E-state index contributed by atoms with van der Waals surface area (Å²) >= 11 is 12.3. The quantitative estimate of drug-likeness (QED) is 0.390. The minimum Gasteiger partial charge on any atom is -0.490 e. The Balaban J connectivity index is 2.29. The van der Waals surface area contributed by atoms with Gasteiger partial charge in [0.05, 0.1) is 11.6 Å². The zero-order valence-electron chi connectivity index (χ0n) is 17.2. The van der Waals surface area contributed by atoms with Gasteiger partial charge in [0.2, 0.25) is 0 Å². The van der Waals surface area contributed by atoms with Crippen LogP contribution in [-0.4, -0.2) is 18.6 Å². The lowest BCUT2D eigenvalue weighted by Gasteiger charge is -2.15. The summed E-state index contributed by atoms with van der Waals surface area (Å²) in [5.41, 5.74) is 1.48. The molecular weight excluding hydrogens is 423 g/mol. The molecule has 0 bridgehead atoms. The molecule has 0 saturated carbocycles. The average Bonchev–Trinajstić information content (AvgIpc) is 2.72. The summed E-state index contributed by atoms with van der Waals surface area (Å²) in [6.45, 7) is 6.37. The molecule has 5 nitrogen and oxygen atoms in total. The third-order valence-corrected chi connectivity index (χ3v) is 4.83. The summed E-state index contributed by atoms with van der Waals surface area (Å²) in [5.74, 6) is 0.405. The van der Waals surface area contributed by atoms with Gasteiger partial charge in [0.25, 0.3) is 5.91 Å². The third-order valence-electron chi connectivity index (χ3n) is 4.29. The molecule has 2 aromatic rings. The van der Waals surface area contributed by atoms with Crippen LogP contribution in [0.3, 0.4) is 0 Å². The molecule has 2 rings (SSSR count). The van der Waals surface area contributed by atoms with Crippen molar-refractivity contribution < 1.29 is 14.3 Å². The number of nitriles is 1. The highest BCUT2D eigenvalue weighted by Crippen LogP contribution is 2.38. The van der Waals surface area contributed by atoms with E-state index in [0.29, 0.717) is 33.7 Å². The summed E-state index contributed by atoms with van der Waals surface area (Å²) in [7, 11) is 0. The standard InChI is InChI=1S/C23H24Cl2N2O3/c1-4-15(3)27-23(28)18(13-26)10-17-11-20(25)22(21(12-17)29-5-2)30-14-16-6-8-19(24)9-7-16/h6-12,15H,4-5,14H2,1-3H3,(H,27,28)/b18-10+/t15-/m0/s1. The minimum absolute atomic E-state index is 0.0105. The predicted molar refractivity (Wildman–Crippen MR) is 120 cm³/mol. The van der Waals surface area contributed by atoms with Gasteiger partial charge in [0.15, 0.2) is 11.5 Å². The Labute approximate surface area is 187 Å². The number of carbonyl (C=O) groups is 1. The molecule has 0 spiro atoms. The summed E-state index contributed by atoms with van der Waals surface area (Å²) in [4.78, 5) is 12.3. The number of rotatable bonds is 9. The molecule has 0 aliphatic carbocycles. The zero-order chi connectivity index (χ0) is 22.1. The SMILES string of the molecule is CCOc1cc(/C=C(\C#N)C(=O)N[C@@H](C)CC)cc(Cl)c1OCc1ccc(Cl)cc1. The van der Waals surface area contributed by atoms with Crippen LogP contribution in [0.15, 0.2) is 42.0 Å². The van der Waals surface area contributed by atoms with Crippen LogP contribution < -0.4 is 14.8 Å². The van der Waals surface area contributed by atoms with E-state index in [2.05, 4.69) is 5.32 Å². The first-order chi connectivity index (χ1) is 14.4. The minimum atomic E-state index is -0.427. The monoisotopic (exact) mass is 446 g/mol. The number of amides is 1. The van der Waals surface area contributed by atoms with Gasteiger partial charge in [-0.3, -0.25) is 4.79 Å². The second kappa shape index (κ2) is 11.5. The molecule has 30 heavy (non-hydrogen) atoms. The van der Waals surface area contributed by atoms with Crippen molar-refractivity contribution in [2.75, 3.05) is 6.61 Å². The Kier molecular flexibility index (Phi) is 9.04. The first kappa shape index (κ1) is 23.6. The summed E-state index contributed by atoms with van der Waals surface area (Å²) in [6.07, 6.45) is 2.25. The van der Waals surface area contributed by atoms with Crippen molar-refractivity contribution in [3.63, 3.8) is 0 Å². The molecule has 0 saturated heterocycles. The van der Waals surface area contributed by atoms with Crippen molar-refractivity contribution in [3.8, 4) is 17.6 Å². The second-order valence-corrected chi connectivity index (χ2v) is 7.47. The molecule has 158 valence electrons. The van der Waals surface area contributed by atoms with Crippen LogP contribution in [0.2, 0.25) is 10.0 Å². The topological polar surface area (TPSA) is 71.3 Å². The first-order valence-electron chi connectivity index (χ1n) is 9.64. The van der Waals surface area contributed by atoms with E-state index in [1.807, 2.05) is 39.0 Å². The highest BCUT2D eigenvalue weighted by molar-refractivity contribution is 6.32. The van der Waals surface area contributed by atoms with E-state index in [-0.39, 0.29) is 18.2 Å². The number of ether oxygens (including phenoxy) is 2.